The second-order valence-electron chi connectivity index (χ2n) is 7.93. The van der Waals surface area contributed by atoms with Crippen molar-refractivity contribution in [2.75, 3.05) is 32.7 Å². The Hall–Kier alpha value is -2.97. The molecule has 2 N–H and O–H groups in total. The van der Waals surface area contributed by atoms with Gasteiger partial charge in [-0.05, 0) is 57.0 Å². The highest BCUT2D eigenvalue weighted by Crippen LogP contribution is 2.43. The molecule has 2 aromatic heterocycles. The second kappa shape index (κ2) is 9.26. The number of phenolic OH excluding ortho intramolecular Hbond substituents is 1. The Bertz CT molecular complexity index is 1220. The summed E-state index contributed by atoms with van der Waals surface area (Å²) in [6.07, 6.45) is 1.09. The van der Waals surface area contributed by atoms with E-state index in [1.807, 2.05) is 13.8 Å². The van der Waals surface area contributed by atoms with Crippen molar-refractivity contribution in [3.8, 4) is 28.5 Å². The molecule has 0 bridgehead atoms. The lowest BCUT2D eigenvalue weighted by molar-refractivity contribution is 0.0787. The fraction of sp³-hybridized carbons (Fsp3) is 0.375. The normalized spacial score (nSPS) is 11.6. The lowest BCUT2D eigenvalue weighted by Gasteiger charge is -2.13. The minimum absolute atomic E-state index is 0.0268. The van der Waals surface area contributed by atoms with E-state index in [4.69, 9.17) is 19.2 Å². The van der Waals surface area contributed by atoms with Crippen molar-refractivity contribution in [3.05, 3.63) is 35.9 Å². The smallest absolute Gasteiger partial charge is 0.200 e. The zero-order valence-corrected chi connectivity index (χ0v) is 19.9. The summed E-state index contributed by atoms with van der Waals surface area (Å²) in [5.74, 6) is 1.55. The van der Waals surface area contributed by atoms with Crippen molar-refractivity contribution in [1.82, 2.24) is 9.38 Å². The molecule has 0 unspecified atom stereocenters. The number of aromatic nitrogens is 2. The zero-order chi connectivity index (χ0) is 22.8. The Morgan fingerprint density at radius 3 is 2.50 bits per heavy atom. The summed E-state index contributed by atoms with van der Waals surface area (Å²) in [7, 11) is 3.04. The number of thiazole rings is 1. The molecule has 4 aromatic rings. The number of phenols is 1. The van der Waals surface area contributed by atoms with Crippen molar-refractivity contribution in [3.63, 3.8) is 0 Å². The van der Waals surface area contributed by atoms with E-state index in [1.54, 1.807) is 23.5 Å². The quantitative estimate of drug-likeness (QED) is 0.326. The topological polar surface area (TPSA) is 77.3 Å². The van der Waals surface area contributed by atoms with E-state index in [0.29, 0.717) is 18.1 Å². The van der Waals surface area contributed by atoms with E-state index >= 15 is 0 Å². The number of ether oxygens (including phenoxy) is 3. The van der Waals surface area contributed by atoms with E-state index in [1.165, 1.54) is 24.5 Å². The van der Waals surface area contributed by atoms with Crippen LogP contribution >= 0.6 is 11.3 Å². The number of benzene rings is 2. The first-order valence-corrected chi connectivity index (χ1v) is 11.5. The molecule has 2 heterocycles. The van der Waals surface area contributed by atoms with Crippen LogP contribution in [0.4, 0.5) is 5.82 Å². The van der Waals surface area contributed by atoms with Gasteiger partial charge in [0.25, 0.3) is 0 Å². The van der Waals surface area contributed by atoms with Crippen molar-refractivity contribution in [2.45, 2.75) is 33.3 Å². The number of hydrogen-bond acceptors (Lipinski definition) is 7. The van der Waals surface area contributed by atoms with E-state index < -0.39 is 0 Å². The van der Waals surface area contributed by atoms with Crippen LogP contribution in [0.5, 0.6) is 17.2 Å². The lowest BCUT2D eigenvalue weighted by Crippen LogP contribution is -2.10. The van der Waals surface area contributed by atoms with E-state index in [2.05, 4.69) is 34.8 Å². The maximum Gasteiger partial charge on any atom is 0.200 e. The number of nitrogens with one attached hydrogen (secondary N) is 1. The minimum atomic E-state index is -0.0268. The number of anilines is 1. The molecule has 0 aliphatic heterocycles. The van der Waals surface area contributed by atoms with Gasteiger partial charge in [0.15, 0.2) is 16.5 Å². The number of fused-ring (bicyclic) bond motifs is 3. The Balaban J connectivity index is 1.81. The fourth-order valence-electron chi connectivity index (χ4n) is 3.67. The average Bonchev–Trinajstić information content (AvgIpc) is 3.29. The standard InChI is InChI=1S/C24H29N3O4S/c1-14(2)31-10-6-9-25-23-21(16-12-18(29-4)22(28)19(13-16)30-5)26-24-27(23)17-8-7-15(3)11-20(17)32-24/h7-8,11-14,25,28H,6,9-10H2,1-5H3. The van der Waals surface area contributed by atoms with Gasteiger partial charge in [0.1, 0.15) is 11.5 Å². The third kappa shape index (κ3) is 4.20. The first-order chi connectivity index (χ1) is 15.4. The maximum absolute atomic E-state index is 10.3. The third-order valence-electron chi connectivity index (χ3n) is 5.22. The Labute approximate surface area is 191 Å². The van der Waals surface area contributed by atoms with Crippen LogP contribution in [-0.4, -0.2) is 48.0 Å². The maximum atomic E-state index is 10.3. The van der Waals surface area contributed by atoms with E-state index in [9.17, 15) is 5.11 Å². The van der Waals surface area contributed by atoms with Gasteiger partial charge in [-0.1, -0.05) is 17.4 Å². The summed E-state index contributed by atoms with van der Waals surface area (Å²) < 4.78 is 19.8. The molecule has 0 amide bonds. The highest BCUT2D eigenvalue weighted by Gasteiger charge is 2.21. The predicted octanol–water partition coefficient (Wildman–Crippen LogP) is 5.47. The predicted molar refractivity (Wildman–Crippen MR) is 130 cm³/mol. The van der Waals surface area contributed by atoms with Gasteiger partial charge in [0.2, 0.25) is 5.75 Å². The molecule has 8 heteroatoms. The largest absolute Gasteiger partial charge is 0.502 e. The molecule has 2 aromatic carbocycles. The first-order valence-electron chi connectivity index (χ1n) is 10.6. The van der Waals surface area contributed by atoms with Crippen LogP contribution in [0.15, 0.2) is 30.3 Å². The molecule has 0 spiro atoms. The molecule has 0 atom stereocenters. The number of methoxy groups -OCH3 is 2. The van der Waals surface area contributed by atoms with Gasteiger partial charge < -0.3 is 24.6 Å². The summed E-state index contributed by atoms with van der Waals surface area (Å²) in [5, 5.41) is 13.9. The molecule has 32 heavy (non-hydrogen) atoms. The van der Waals surface area contributed by atoms with Crippen molar-refractivity contribution >= 4 is 32.3 Å². The summed E-state index contributed by atoms with van der Waals surface area (Å²) in [6, 6.07) is 9.99. The number of imidazole rings is 1. The number of rotatable bonds is 9. The molecule has 0 saturated carbocycles. The summed E-state index contributed by atoms with van der Waals surface area (Å²) in [6.45, 7) is 7.60. The molecule has 170 valence electrons. The van der Waals surface area contributed by atoms with Crippen LogP contribution in [0.25, 0.3) is 26.4 Å². The van der Waals surface area contributed by atoms with E-state index in [-0.39, 0.29) is 11.9 Å². The lowest BCUT2D eigenvalue weighted by atomic mass is 10.1. The molecular formula is C24H29N3O4S. The van der Waals surface area contributed by atoms with Crippen LogP contribution < -0.4 is 14.8 Å². The van der Waals surface area contributed by atoms with Gasteiger partial charge in [-0.2, -0.15) is 0 Å². The Kier molecular flexibility index (Phi) is 6.43. The molecule has 0 aliphatic rings. The van der Waals surface area contributed by atoms with Crippen LogP contribution in [0, 0.1) is 6.92 Å². The molecule has 0 fully saturated rings. The molecule has 4 rings (SSSR count). The fourth-order valence-corrected chi connectivity index (χ4v) is 4.79. The molecule has 0 saturated heterocycles. The SMILES string of the molecule is COc1cc(-c2nc3sc4cc(C)ccc4n3c2NCCCOC(C)C)cc(OC)c1O. The number of aromatic hydroxyl groups is 1. The van der Waals surface area contributed by atoms with Crippen LogP contribution in [0.3, 0.4) is 0 Å². The van der Waals surface area contributed by atoms with Gasteiger partial charge in [0.05, 0.1) is 30.5 Å². The van der Waals surface area contributed by atoms with Gasteiger partial charge in [-0.25, -0.2) is 4.98 Å². The van der Waals surface area contributed by atoms with Gasteiger partial charge in [-0.3, -0.25) is 4.40 Å². The zero-order valence-electron chi connectivity index (χ0n) is 19.1. The summed E-state index contributed by atoms with van der Waals surface area (Å²) in [5.41, 5.74) is 3.90. The highest BCUT2D eigenvalue weighted by molar-refractivity contribution is 7.23. The summed E-state index contributed by atoms with van der Waals surface area (Å²) in [4.78, 5) is 5.85. The number of aryl methyl sites for hydroxylation is 1. The first kappa shape index (κ1) is 22.2. The van der Waals surface area contributed by atoms with E-state index in [0.717, 1.165) is 40.5 Å². The van der Waals surface area contributed by atoms with Gasteiger partial charge in [0, 0.05) is 18.7 Å². The van der Waals surface area contributed by atoms with Crippen molar-refractivity contribution in [2.24, 2.45) is 0 Å². The summed E-state index contributed by atoms with van der Waals surface area (Å²) >= 11 is 1.65. The number of hydrogen-bond donors (Lipinski definition) is 2. The highest BCUT2D eigenvalue weighted by atomic mass is 32.1. The van der Waals surface area contributed by atoms with Gasteiger partial charge in [-0.15, -0.1) is 0 Å². The average molecular weight is 456 g/mol. The molecular weight excluding hydrogens is 426 g/mol. The van der Waals surface area contributed by atoms with Crippen LogP contribution in [0.1, 0.15) is 25.8 Å². The third-order valence-corrected chi connectivity index (χ3v) is 6.23. The molecule has 7 nitrogen and oxygen atoms in total. The van der Waals surface area contributed by atoms with Crippen LogP contribution in [-0.2, 0) is 4.74 Å². The van der Waals surface area contributed by atoms with Crippen LogP contribution in [0.2, 0.25) is 0 Å². The van der Waals surface area contributed by atoms with Crippen molar-refractivity contribution in [1.29, 1.82) is 0 Å². The molecule has 0 aliphatic carbocycles. The second-order valence-corrected chi connectivity index (χ2v) is 8.94. The Morgan fingerprint density at radius 2 is 1.84 bits per heavy atom. The minimum Gasteiger partial charge on any atom is -0.502 e. The van der Waals surface area contributed by atoms with Gasteiger partial charge >= 0.3 is 0 Å². The Morgan fingerprint density at radius 1 is 1.12 bits per heavy atom. The molecule has 0 radical (unpaired) electrons. The number of nitrogens with zero attached hydrogens (tertiary/aromatic N) is 2. The van der Waals surface area contributed by atoms with Crippen molar-refractivity contribution < 1.29 is 19.3 Å². The monoisotopic (exact) mass is 455 g/mol.